The number of nitrogens with one attached hydrogen (secondary N) is 2. The summed E-state index contributed by atoms with van der Waals surface area (Å²) in [6.45, 7) is 7.21. The van der Waals surface area contributed by atoms with Gasteiger partial charge in [0.1, 0.15) is 5.82 Å². The van der Waals surface area contributed by atoms with E-state index in [4.69, 9.17) is 0 Å². The fourth-order valence-corrected chi connectivity index (χ4v) is 1.64. The number of halogens is 1. The molecule has 1 aromatic rings. The summed E-state index contributed by atoms with van der Waals surface area (Å²) in [6, 6.07) is 1.99. The smallest absolute Gasteiger partial charge is 0.140 e. The van der Waals surface area contributed by atoms with Crippen LogP contribution >= 0.6 is 15.9 Å². The summed E-state index contributed by atoms with van der Waals surface area (Å²) in [6.07, 6.45) is 2.93. The zero-order valence-corrected chi connectivity index (χ0v) is 10.9. The van der Waals surface area contributed by atoms with Gasteiger partial charge in [0.2, 0.25) is 0 Å². The highest BCUT2D eigenvalue weighted by Gasteiger charge is 2.01. The van der Waals surface area contributed by atoms with E-state index in [1.807, 2.05) is 12.3 Å². The van der Waals surface area contributed by atoms with Crippen molar-refractivity contribution in [2.45, 2.75) is 20.3 Å². The molecule has 0 atom stereocenters. The number of aromatic nitrogens is 1. The molecule has 0 bridgehead atoms. The molecule has 0 amide bonds. The molecule has 0 saturated heterocycles. The molecule has 0 aliphatic carbocycles. The van der Waals surface area contributed by atoms with Crippen LogP contribution < -0.4 is 10.6 Å². The minimum Gasteiger partial charge on any atom is -0.369 e. The Morgan fingerprint density at radius 2 is 2.20 bits per heavy atom. The Morgan fingerprint density at radius 1 is 1.40 bits per heavy atom. The van der Waals surface area contributed by atoms with Gasteiger partial charge in [0.05, 0.1) is 4.47 Å². The standard InChI is InChI=1S/C11H18BrN3/c1-3-13-6-4-7-14-11-10(12)9(2)5-8-15-11/h5,8,13H,3-4,6-7H2,1-2H3,(H,14,15). The van der Waals surface area contributed by atoms with Gasteiger partial charge < -0.3 is 10.6 Å². The normalized spacial score (nSPS) is 10.3. The fraction of sp³-hybridized carbons (Fsp3) is 0.545. The van der Waals surface area contributed by atoms with E-state index in [0.717, 1.165) is 36.3 Å². The first-order valence-corrected chi connectivity index (χ1v) is 6.10. The van der Waals surface area contributed by atoms with E-state index >= 15 is 0 Å². The van der Waals surface area contributed by atoms with Gasteiger partial charge in [-0.05, 0) is 54.0 Å². The molecule has 3 nitrogen and oxygen atoms in total. The third-order valence-corrected chi connectivity index (χ3v) is 3.16. The number of aryl methyl sites for hydroxylation is 1. The lowest BCUT2D eigenvalue weighted by molar-refractivity contribution is 0.688. The summed E-state index contributed by atoms with van der Waals surface area (Å²) in [5, 5.41) is 6.60. The van der Waals surface area contributed by atoms with Crippen LogP contribution in [0.3, 0.4) is 0 Å². The third-order valence-electron chi connectivity index (χ3n) is 2.16. The van der Waals surface area contributed by atoms with Gasteiger partial charge in [-0.25, -0.2) is 4.98 Å². The molecule has 15 heavy (non-hydrogen) atoms. The van der Waals surface area contributed by atoms with Crippen molar-refractivity contribution in [1.82, 2.24) is 10.3 Å². The zero-order chi connectivity index (χ0) is 11.1. The van der Waals surface area contributed by atoms with Crippen LogP contribution in [0.4, 0.5) is 5.82 Å². The van der Waals surface area contributed by atoms with Gasteiger partial charge in [0.25, 0.3) is 0 Å². The van der Waals surface area contributed by atoms with Crippen LogP contribution in [-0.2, 0) is 0 Å². The molecule has 0 unspecified atom stereocenters. The van der Waals surface area contributed by atoms with Crippen LogP contribution in [0.1, 0.15) is 18.9 Å². The van der Waals surface area contributed by atoms with Crippen molar-refractivity contribution in [2.75, 3.05) is 25.0 Å². The van der Waals surface area contributed by atoms with Crippen LogP contribution in [0, 0.1) is 6.92 Å². The van der Waals surface area contributed by atoms with Gasteiger partial charge in [-0.2, -0.15) is 0 Å². The molecule has 0 aliphatic heterocycles. The predicted molar refractivity (Wildman–Crippen MR) is 68.3 cm³/mol. The minimum absolute atomic E-state index is 0.937. The number of nitrogens with zero attached hydrogens (tertiary/aromatic N) is 1. The first kappa shape index (κ1) is 12.5. The average Bonchev–Trinajstić information content (AvgIpc) is 2.24. The Balaban J connectivity index is 2.34. The van der Waals surface area contributed by atoms with Crippen molar-refractivity contribution in [2.24, 2.45) is 0 Å². The fourth-order valence-electron chi connectivity index (χ4n) is 1.26. The highest BCUT2D eigenvalue weighted by molar-refractivity contribution is 9.10. The second-order valence-corrected chi connectivity index (χ2v) is 4.22. The summed E-state index contributed by atoms with van der Waals surface area (Å²) in [5.74, 6) is 0.937. The van der Waals surface area contributed by atoms with Crippen molar-refractivity contribution in [3.05, 3.63) is 22.3 Å². The van der Waals surface area contributed by atoms with E-state index in [9.17, 15) is 0 Å². The molecule has 0 spiro atoms. The van der Waals surface area contributed by atoms with Gasteiger partial charge in [-0.15, -0.1) is 0 Å². The number of hydrogen-bond donors (Lipinski definition) is 2. The molecule has 84 valence electrons. The maximum Gasteiger partial charge on any atom is 0.140 e. The highest BCUT2D eigenvalue weighted by atomic mass is 79.9. The SMILES string of the molecule is CCNCCCNc1nccc(C)c1Br. The highest BCUT2D eigenvalue weighted by Crippen LogP contribution is 2.22. The van der Waals surface area contributed by atoms with Gasteiger partial charge in [0.15, 0.2) is 0 Å². The van der Waals surface area contributed by atoms with Crippen molar-refractivity contribution in [1.29, 1.82) is 0 Å². The first-order valence-electron chi connectivity index (χ1n) is 5.31. The maximum atomic E-state index is 4.28. The number of rotatable bonds is 6. The first-order chi connectivity index (χ1) is 7.25. The molecule has 4 heteroatoms. The van der Waals surface area contributed by atoms with Gasteiger partial charge in [0, 0.05) is 12.7 Å². The summed E-state index contributed by atoms with van der Waals surface area (Å²) in [4.78, 5) is 4.28. The molecule has 1 aromatic heterocycles. The second kappa shape index (κ2) is 6.80. The van der Waals surface area contributed by atoms with E-state index in [1.165, 1.54) is 5.56 Å². The Bertz CT molecular complexity index is 302. The van der Waals surface area contributed by atoms with Gasteiger partial charge >= 0.3 is 0 Å². The third kappa shape index (κ3) is 4.18. The van der Waals surface area contributed by atoms with E-state index in [-0.39, 0.29) is 0 Å². The average molecular weight is 272 g/mol. The molecule has 1 rings (SSSR count). The summed E-state index contributed by atoms with van der Waals surface area (Å²) in [5.41, 5.74) is 1.21. The summed E-state index contributed by atoms with van der Waals surface area (Å²) in [7, 11) is 0. The van der Waals surface area contributed by atoms with Crippen molar-refractivity contribution in [3.63, 3.8) is 0 Å². The quantitative estimate of drug-likeness (QED) is 0.781. The summed E-state index contributed by atoms with van der Waals surface area (Å²) >= 11 is 3.52. The Morgan fingerprint density at radius 3 is 2.93 bits per heavy atom. The van der Waals surface area contributed by atoms with Crippen molar-refractivity contribution in [3.8, 4) is 0 Å². The van der Waals surface area contributed by atoms with Crippen molar-refractivity contribution < 1.29 is 0 Å². The van der Waals surface area contributed by atoms with E-state index in [0.29, 0.717) is 0 Å². The molecule has 2 N–H and O–H groups in total. The lowest BCUT2D eigenvalue weighted by Gasteiger charge is -2.08. The van der Waals surface area contributed by atoms with Gasteiger partial charge in [-0.3, -0.25) is 0 Å². The summed E-state index contributed by atoms with van der Waals surface area (Å²) < 4.78 is 1.06. The van der Waals surface area contributed by atoms with Crippen LogP contribution in [0.15, 0.2) is 16.7 Å². The second-order valence-electron chi connectivity index (χ2n) is 3.42. The lowest BCUT2D eigenvalue weighted by Crippen LogP contribution is -2.17. The monoisotopic (exact) mass is 271 g/mol. The molecule has 0 saturated carbocycles. The zero-order valence-electron chi connectivity index (χ0n) is 9.31. The van der Waals surface area contributed by atoms with Gasteiger partial charge in [-0.1, -0.05) is 6.92 Å². The van der Waals surface area contributed by atoms with E-state index in [1.54, 1.807) is 0 Å². The number of hydrogen-bond acceptors (Lipinski definition) is 3. The Labute approximate surface area is 99.8 Å². The number of anilines is 1. The maximum absolute atomic E-state index is 4.28. The lowest BCUT2D eigenvalue weighted by atomic mass is 10.3. The Hall–Kier alpha value is -0.610. The largest absolute Gasteiger partial charge is 0.369 e. The van der Waals surface area contributed by atoms with Crippen molar-refractivity contribution >= 4 is 21.7 Å². The molecule has 0 aromatic carbocycles. The molecular weight excluding hydrogens is 254 g/mol. The van der Waals surface area contributed by atoms with Crippen LogP contribution in [0.5, 0.6) is 0 Å². The molecule has 1 heterocycles. The van der Waals surface area contributed by atoms with Crippen LogP contribution in [0.2, 0.25) is 0 Å². The molecule has 0 aliphatic rings. The predicted octanol–water partition coefficient (Wildman–Crippen LogP) is 2.56. The molecular formula is C11H18BrN3. The van der Waals surface area contributed by atoms with E-state index in [2.05, 4.69) is 45.4 Å². The Kier molecular flexibility index (Phi) is 5.65. The topological polar surface area (TPSA) is 37.0 Å². The van der Waals surface area contributed by atoms with Crippen LogP contribution in [0.25, 0.3) is 0 Å². The van der Waals surface area contributed by atoms with E-state index < -0.39 is 0 Å². The molecule has 0 radical (unpaired) electrons. The molecule has 0 fully saturated rings. The van der Waals surface area contributed by atoms with Crippen LogP contribution in [-0.4, -0.2) is 24.6 Å². The number of pyridine rings is 1. The minimum atomic E-state index is 0.937.